The van der Waals surface area contributed by atoms with Gasteiger partial charge in [-0.1, -0.05) is 0 Å². The van der Waals surface area contributed by atoms with Gasteiger partial charge < -0.3 is 11.1 Å². The van der Waals surface area contributed by atoms with Gasteiger partial charge in [-0.05, 0) is 18.2 Å². The molecular weight excluding hydrogens is 239 g/mol. The van der Waals surface area contributed by atoms with Crippen molar-refractivity contribution in [1.82, 2.24) is 5.43 Å². The number of hydrogen-bond donors (Lipinski definition) is 3. The highest BCUT2D eigenvalue weighted by Crippen LogP contribution is 2.19. The standard InChI is InChI=1S/C11H11FN4O2/c12-6-1-2-7(13)9(5-6)14-11(18)8-3-4-10(17)16-15-8/h1-2,5H,3-4,13H2,(H,14,18)(H,16,17). The van der Waals surface area contributed by atoms with Gasteiger partial charge in [0.25, 0.3) is 5.91 Å². The Hall–Kier alpha value is -2.44. The van der Waals surface area contributed by atoms with E-state index in [1.54, 1.807) is 0 Å². The van der Waals surface area contributed by atoms with E-state index in [4.69, 9.17) is 5.73 Å². The highest BCUT2D eigenvalue weighted by Gasteiger charge is 2.18. The SMILES string of the molecule is Nc1ccc(F)cc1NC(=O)C1=NNC(=O)CC1. The molecule has 0 aliphatic carbocycles. The molecule has 4 N–H and O–H groups in total. The Morgan fingerprint density at radius 3 is 2.89 bits per heavy atom. The first-order valence-corrected chi connectivity index (χ1v) is 5.28. The zero-order valence-electron chi connectivity index (χ0n) is 9.37. The predicted octanol–water partition coefficient (Wildman–Crippen LogP) is 0.612. The Kier molecular flexibility index (Phi) is 3.22. The molecule has 2 rings (SSSR count). The lowest BCUT2D eigenvalue weighted by atomic mass is 10.1. The number of anilines is 2. The lowest BCUT2D eigenvalue weighted by Gasteiger charge is -2.13. The molecule has 1 aliphatic heterocycles. The van der Waals surface area contributed by atoms with Gasteiger partial charge in [-0.25, -0.2) is 9.82 Å². The average molecular weight is 250 g/mol. The third-order valence-corrected chi connectivity index (χ3v) is 2.43. The molecular formula is C11H11FN4O2. The van der Waals surface area contributed by atoms with E-state index in [9.17, 15) is 14.0 Å². The molecule has 0 radical (unpaired) electrons. The van der Waals surface area contributed by atoms with Crippen molar-refractivity contribution in [1.29, 1.82) is 0 Å². The molecule has 1 heterocycles. The van der Waals surface area contributed by atoms with Gasteiger partial charge in [-0.15, -0.1) is 0 Å². The van der Waals surface area contributed by atoms with Crippen LogP contribution in [0.15, 0.2) is 23.3 Å². The molecule has 2 amide bonds. The Labute approximate surface area is 102 Å². The largest absolute Gasteiger partial charge is 0.397 e. The number of rotatable bonds is 2. The van der Waals surface area contributed by atoms with Crippen molar-refractivity contribution in [2.45, 2.75) is 12.8 Å². The van der Waals surface area contributed by atoms with Crippen LogP contribution in [-0.4, -0.2) is 17.5 Å². The van der Waals surface area contributed by atoms with Crippen LogP contribution in [0.1, 0.15) is 12.8 Å². The zero-order chi connectivity index (χ0) is 13.1. The Balaban J connectivity index is 2.12. The summed E-state index contributed by atoms with van der Waals surface area (Å²) in [6.07, 6.45) is 0.442. The summed E-state index contributed by atoms with van der Waals surface area (Å²) >= 11 is 0. The number of carbonyl (C=O) groups excluding carboxylic acids is 2. The average Bonchev–Trinajstić information content (AvgIpc) is 2.34. The van der Waals surface area contributed by atoms with Crippen molar-refractivity contribution in [2.75, 3.05) is 11.1 Å². The third kappa shape index (κ3) is 2.62. The number of carbonyl (C=O) groups is 2. The summed E-state index contributed by atoms with van der Waals surface area (Å²) in [4.78, 5) is 22.6. The maximum atomic E-state index is 13.0. The number of hydrazone groups is 1. The highest BCUT2D eigenvalue weighted by molar-refractivity contribution is 6.43. The van der Waals surface area contributed by atoms with Gasteiger partial charge in [0.15, 0.2) is 0 Å². The fourth-order valence-corrected chi connectivity index (χ4v) is 1.47. The monoisotopic (exact) mass is 250 g/mol. The van der Waals surface area contributed by atoms with Gasteiger partial charge in [-0.2, -0.15) is 5.10 Å². The zero-order valence-corrected chi connectivity index (χ0v) is 9.37. The highest BCUT2D eigenvalue weighted by atomic mass is 19.1. The minimum absolute atomic E-state index is 0.179. The van der Waals surface area contributed by atoms with Crippen molar-refractivity contribution in [3.63, 3.8) is 0 Å². The van der Waals surface area contributed by atoms with Crippen LogP contribution >= 0.6 is 0 Å². The summed E-state index contributed by atoms with van der Waals surface area (Å²) in [5.74, 6) is -1.25. The molecule has 0 saturated carbocycles. The number of nitrogens with zero attached hydrogens (tertiary/aromatic N) is 1. The Morgan fingerprint density at radius 2 is 2.22 bits per heavy atom. The summed E-state index contributed by atoms with van der Waals surface area (Å²) in [6.45, 7) is 0. The molecule has 0 fully saturated rings. The van der Waals surface area contributed by atoms with Gasteiger partial charge in [0.2, 0.25) is 5.91 Å². The minimum atomic E-state index is -0.507. The smallest absolute Gasteiger partial charge is 0.271 e. The van der Waals surface area contributed by atoms with Crippen LogP contribution in [0.3, 0.4) is 0 Å². The number of nitrogens with two attached hydrogens (primary N) is 1. The molecule has 0 saturated heterocycles. The first-order valence-electron chi connectivity index (χ1n) is 5.28. The van der Waals surface area contributed by atoms with Gasteiger partial charge in [0.1, 0.15) is 11.5 Å². The number of hydrogen-bond acceptors (Lipinski definition) is 4. The molecule has 0 unspecified atom stereocenters. The first kappa shape index (κ1) is 12.0. The summed E-state index contributed by atoms with van der Waals surface area (Å²) in [5.41, 5.74) is 8.42. The second kappa shape index (κ2) is 4.82. The normalized spacial score (nSPS) is 14.7. The molecule has 94 valence electrons. The van der Waals surface area contributed by atoms with Crippen LogP contribution in [-0.2, 0) is 9.59 Å². The second-order valence-corrected chi connectivity index (χ2v) is 3.78. The molecule has 0 bridgehead atoms. The number of nitrogens with one attached hydrogen (secondary N) is 2. The van der Waals surface area contributed by atoms with E-state index in [0.717, 1.165) is 6.07 Å². The molecule has 18 heavy (non-hydrogen) atoms. The summed E-state index contributed by atoms with van der Waals surface area (Å²) in [7, 11) is 0. The molecule has 1 aromatic rings. The van der Waals surface area contributed by atoms with Crippen LogP contribution in [0.25, 0.3) is 0 Å². The van der Waals surface area contributed by atoms with Crippen molar-refractivity contribution in [3.05, 3.63) is 24.0 Å². The summed E-state index contributed by atoms with van der Waals surface area (Å²) < 4.78 is 13.0. The van der Waals surface area contributed by atoms with E-state index < -0.39 is 11.7 Å². The van der Waals surface area contributed by atoms with Crippen LogP contribution in [0.4, 0.5) is 15.8 Å². The second-order valence-electron chi connectivity index (χ2n) is 3.78. The third-order valence-electron chi connectivity index (χ3n) is 2.43. The number of halogens is 1. The minimum Gasteiger partial charge on any atom is -0.397 e. The van der Waals surface area contributed by atoms with Crippen LogP contribution in [0.5, 0.6) is 0 Å². The van der Waals surface area contributed by atoms with Crippen LogP contribution in [0.2, 0.25) is 0 Å². The lowest BCUT2D eigenvalue weighted by Crippen LogP contribution is -2.32. The van der Waals surface area contributed by atoms with Gasteiger partial charge >= 0.3 is 0 Å². The fourth-order valence-electron chi connectivity index (χ4n) is 1.47. The van der Waals surface area contributed by atoms with E-state index >= 15 is 0 Å². The number of nitrogen functional groups attached to an aromatic ring is 1. The first-order chi connectivity index (χ1) is 8.56. The van der Waals surface area contributed by atoms with Crippen LogP contribution in [0, 0.1) is 5.82 Å². The Bertz CT molecular complexity index is 542. The molecule has 7 heteroatoms. The summed E-state index contributed by atoms with van der Waals surface area (Å²) in [6, 6.07) is 3.67. The number of benzene rings is 1. The van der Waals surface area contributed by atoms with Gasteiger partial charge in [-0.3, -0.25) is 9.59 Å². The molecule has 0 atom stereocenters. The van der Waals surface area contributed by atoms with Crippen molar-refractivity contribution >= 4 is 28.9 Å². The molecule has 1 aromatic carbocycles. The topological polar surface area (TPSA) is 96.6 Å². The lowest BCUT2D eigenvalue weighted by molar-refractivity contribution is -0.121. The van der Waals surface area contributed by atoms with E-state index in [0.29, 0.717) is 0 Å². The maximum absolute atomic E-state index is 13.0. The van der Waals surface area contributed by atoms with Gasteiger partial charge in [0, 0.05) is 12.8 Å². The van der Waals surface area contributed by atoms with E-state index in [2.05, 4.69) is 15.8 Å². The molecule has 0 aromatic heterocycles. The Morgan fingerprint density at radius 1 is 1.44 bits per heavy atom. The van der Waals surface area contributed by atoms with Gasteiger partial charge in [0.05, 0.1) is 11.4 Å². The molecule has 6 nitrogen and oxygen atoms in total. The fraction of sp³-hybridized carbons (Fsp3) is 0.182. The van der Waals surface area contributed by atoms with E-state index in [1.807, 2.05) is 0 Å². The van der Waals surface area contributed by atoms with Crippen molar-refractivity contribution < 1.29 is 14.0 Å². The van der Waals surface area contributed by atoms with E-state index in [1.165, 1.54) is 12.1 Å². The van der Waals surface area contributed by atoms with Crippen molar-refractivity contribution in [2.24, 2.45) is 5.10 Å². The predicted molar refractivity (Wildman–Crippen MR) is 64.3 cm³/mol. The van der Waals surface area contributed by atoms with Crippen LogP contribution < -0.4 is 16.5 Å². The molecule has 1 aliphatic rings. The number of amides is 2. The van der Waals surface area contributed by atoms with E-state index in [-0.39, 0.29) is 35.8 Å². The van der Waals surface area contributed by atoms with Crippen molar-refractivity contribution in [3.8, 4) is 0 Å². The molecule has 0 spiro atoms. The summed E-state index contributed by atoms with van der Waals surface area (Å²) in [5, 5.41) is 6.08. The quantitative estimate of drug-likeness (QED) is 0.671. The maximum Gasteiger partial charge on any atom is 0.271 e.